The summed E-state index contributed by atoms with van der Waals surface area (Å²) in [4.78, 5) is 15.4. The van der Waals surface area contributed by atoms with Crippen LogP contribution < -0.4 is 10.5 Å². The molecule has 1 aliphatic rings. The summed E-state index contributed by atoms with van der Waals surface area (Å²) >= 11 is 0. The third-order valence-corrected chi connectivity index (χ3v) is 7.26. The molecule has 10 heteroatoms. The fraction of sp³-hybridized carbons (Fsp3) is 0.400. The number of carbonyl (C=O) groups is 1. The summed E-state index contributed by atoms with van der Waals surface area (Å²) in [6.07, 6.45) is 4.44. The van der Waals surface area contributed by atoms with Gasteiger partial charge in [0.15, 0.2) is 5.03 Å². The first-order valence-corrected chi connectivity index (χ1v) is 11.2. The minimum absolute atomic E-state index is 0.0856. The first kappa shape index (κ1) is 20.4. The van der Waals surface area contributed by atoms with Gasteiger partial charge in [0, 0.05) is 37.9 Å². The maximum atomic E-state index is 12.9. The SMILES string of the molecule is Cc1nc(S(=O)(=O)N2CCC(Oc3cccc4c3ccn4CC(N)=O)CC2)cn1C. The van der Waals surface area contributed by atoms with Crippen LogP contribution >= 0.6 is 0 Å². The fourth-order valence-electron chi connectivity index (χ4n) is 3.76. The summed E-state index contributed by atoms with van der Waals surface area (Å²) in [5, 5.41) is 0.986. The lowest BCUT2D eigenvalue weighted by molar-refractivity contribution is -0.118. The molecule has 0 atom stereocenters. The number of aryl methyl sites for hydroxylation is 2. The quantitative estimate of drug-likeness (QED) is 0.634. The van der Waals surface area contributed by atoms with Gasteiger partial charge in [-0.05, 0) is 38.0 Å². The number of hydrogen-bond donors (Lipinski definition) is 1. The van der Waals surface area contributed by atoms with Crippen LogP contribution in [0.25, 0.3) is 10.9 Å². The van der Waals surface area contributed by atoms with Crippen LogP contribution in [0.15, 0.2) is 41.7 Å². The molecule has 160 valence electrons. The number of amides is 1. The zero-order valence-corrected chi connectivity index (χ0v) is 17.8. The molecule has 0 aliphatic carbocycles. The highest BCUT2D eigenvalue weighted by atomic mass is 32.2. The number of primary amides is 1. The van der Waals surface area contributed by atoms with Gasteiger partial charge in [0.1, 0.15) is 24.2 Å². The second-order valence-electron chi connectivity index (χ2n) is 7.56. The van der Waals surface area contributed by atoms with Gasteiger partial charge >= 0.3 is 0 Å². The Morgan fingerprint density at radius 1 is 1.27 bits per heavy atom. The predicted octanol–water partition coefficient (Wildman–Crippen LogP) is 1.40. The number of rotatable bonds is 6. The number of nitrogens with zero attached hydrogens (tertiary/aromatic N) is 4. The van der Waals surface area contributed by atoms with Gasteiger partial charge in [0.25, 0.3) is 10.0 Å². The molecular weight excluding hydrogens is 406 g/mol. The van der Waals surface area contributed by atoms with Crippen molar-refractivity contribution in [2.45, 2.75) is 37.4 Å². The number of fused-ring (bicyclic) bond motifs is 1. The highest BCUT2D eigenvalue weighted by Gasteiger charge is 2.32. The standard InChI is InChI=1S/C20H25N5O4S/c1-14-22-20(13-23(14)2)30(27,28)25-10-6-15(7-11-25)29-18-5-3-4-17-16(18)8-9-24(17)12-19(21)26/h3-5,8-9,13,15H,6-7,10-12H2,1-2H3,(H2,21,26). The Bertz CT molecular complexity index is 1170. The van der Waals surface area contributed by atoms with Gasteiger partial charge in [0.2, 0.25) is 5.91 Å². The van der Waals surface area contributed by atoms with Crippen molar-refractivity contribution < 1.29 is 17.9 Å². The van der Waals surface area contributed by atoms with Crippen LogP contribution in [0.2, 0.25) is 0 Å². The molecule has 9 nitrogen and oxygen atoms in total. The summed E-state index contributed by atoms with van der Waals surface area (Å²) < 4.78 is 36.9. The van der Waals surface area contributed by atoms with E-state index in [1.54, 1.807) is 29.3 Å². The van der Waals surface area contributed by atoms with E-state index in [2.05, 4.69) is 4.98 Å². The van der Waals surface area contributed by atoms with Crippen LogP contribution in [-0.2, 0) is 28.4 Å². The van der Waals surface area contributed by atoms with E-state index < -0.39 is 15.9 Å². The monoisotopic (exact) mass is 431 g/mol. The van der Waals surface area contributed by atoms with E-state index in [0.29, 0.717) is 31.8 Å². The molecule has 3 aromatic rings. The van der Waals surface area contributed by atoms with Gasteiger partial charge in [-0.15, -0.1) is 0 Å². The number of ether oxygens (including phenoxy) is 1. The van der Waals surface area contributed by atoms with Crippen LogP contribution in [-0.4, -0.2) is 51.9 Å². The van der Waals surface area contributed by atoms with Crippen molar-refractivity contribution >= 4 is 26.8 Å². The van der Waals surface area contributed by atoms with Crippen molar-refractivity contribution in [1.82, 2.24) is 18.4 Å². The second kappa shape index (κ2) is 7.77. The Morgan fingerprint density at radius 3 is 2.63 bits per heavy atom. The van der Waals surface area contributed by atoms with Crippen molar-refractivity contribution in [3.63, 3.8) is 0 Å². The molecule has 2 aromatic heterocycles. The molecule has 2 N–H and O–H groups in total. The topological polar surface area (TPSA) is 112 Å². The highest BCUT2D eigenvalue weighted by molar-refractivity contribution is 7.89. The highest BCUT2D eigenvalue weighted by Crippen LogP contribution is 2.30. The zero-order valence-electron chi connectivity index (χ0n) is 17.0. The van der Waals surface area contributed by atoms with E-state index in [1.807, 2.05) is 30.5 Å². The van der Waals surface area contributed by atoms with Gasteiger partial charge in [-0.25, -0.2) is 13.4 Å². The van der Waals surface area contributed by atoms with Crippen molar-refractivity contribution in [2.75, 3.05) is 13.1 Å². The largest absolute Gasteiger partial charge is 0.490 e. The number of benzene rings is 1. The van der Waals surface area contributed by atoms with Gasteiger partial charge in [0.05, 0.1) is 5.52 Å². The van der Waals surface area contributed by atoms with Crippen molar-refractivity contribution in [1.29, 1.82) is 0 Å². The molecule has 1 aromatic carbocycles. The van der Waals surface area contributed by atoms with Crippen LogP contribution in [0, 0.1) is 6.92 Å². The third kappa shape index (κ3) is 3.80. The lowest BCUT2D eigenvalue weighted by Crippen LogP contribution is -2.41. The summed E-state index contributed by atoms with van der Waals surface area (Å²) in [5.41, 5.74) is 6.18. The first-order valence-electron chi connectivity index (χ1n) is 9.78. The van der Waals surface area contributed by atoms with E-state index in [1.165, 1.54) is 4.31 Å². The smallest absolute Gasteiger partial charge is 0.262 e. The van der Waals surface area contributed by atoms with E-state index in [0.717, 1.165) is 16.7 Å². The molecule has 1 saturated heterocycles. The van der Waals surface area contributed by atoms with Crippen molar-refractivity contribution in [3.05, 3.63) is 42.5 Å². The molecule has 4 rings (SSSR count). The summed E-state index contributed by atoms with van der Waals surface area (Å²) in [6, 6.07) is 7.57. The minimum Gasteiger partial charge on any atom is -0.490 e. The molecular formula is C20H25N5O4S. The van der Waals surface area contributed by atoms with Crippen LogP contribution in [0.5, 0.6) is 5.75 Å². The van der Waals surface area contributed by atoms with Gasteiger partial charge in [-0.1, -0.05) is 6.07 Å². The molecule has 0 unspecified atom stereocenters. The zero-order chi connectivity index (χ0) is 21.5. The number of carbonyl (C=O) groups excluding carboxylic acids is 1. The van der Waals surface area contributed by atoms with Gasteiger partial charge in [-0.2, -0.15) is 4.31 Å². The summed E-state index contributed by atoms with van der Waals surface area (Å²) in [6.45, 7) is 2.63. The first-order chi connectivity index (χ1) is 14.3. The molecule has 0 bridgehead atoms. The van der Waals surface area contributed by atoms with Crippen LogP contribution in [0.4, 0.5) is 0 Å². The average Bonchev–Trinajstić information content (AvgIpc) is 3.26. The molecule has 0 saturated carbocycles. The lowest BCUT2D eigenvalue weighted by atomic mass is 10.1. The van der Waals surface area contributed by atoms with E-state index >= 15 is 0 Å². The maximum Gasteiger partial charge on any atom is 0.262 e. The Morgan fingerprint density at radius 2 is 2.00 bits per heavy atom. The van der Waals surface area contributed by atoms with E-state index in [-0.39, 0.29) is 17.7 Å². The molecule has 0 spiro atoms. The molecule has 3 heterocycles. The van der Waals surface area contributed by atoms with Gasteiger partial charge in [-0.3, -0.25) is 4.79 Å². The molecule has 1 amide bonds. The fourth-order valence-corrected chi connectivity index (χ4v) is 5.25. The Balaban J connectivity index is 1.45. The van der Waals surface area contributed by atoms with Gasteiger partial charge < -0.3 is 19.6 Å². The summed E-state index contributed by atoms with van der Waals surface area (Å²) in [5.74, 6) is 0.969. The maximum absolute atomic E-state index is 12.9. The number of aromatic nitrogens is 3. The van der Waals surface area contributed by atoms with E-state index in [4.69, 9.17) is 10.5 Å². The molecule has 0 radical (unpaired) electrons. The predicted molar refractivity (Wildman–Crippen MR) is 111 cm³/mol. The van der Waals surface area contributed by atoms with Crippen LogP contribution in [0.3, 0.4) is 0 Å². The molecule has 1 fully saturated rings. The second-order valence-corrected chi connectivity index (χ2v) is 9.44. The Labute approximate surface area is 175 Å². The lowest BCUT2D eigenvalue weighted by Gasteiger charge is -2.31. The number of imidazole rings is 1. The third-order valence-electron chi connectivity index (χ3n) is 5.49. The number of hydrogen-bond acceptors (Lipinski definition) is 5. The average molecular weight is 432 g/mol. The Kier molecular flexibility index (Phi) is 5.29. The molecule has 1 aliphatic heterocycles. The number of nitrogens with two attached hydrogens (primary N) is 1. The minimum atomic E-state index is -3.60. The van der Waals surface area contributed by atoms with Crippen LogP contribution in [0.1, 0.15) is 18.7 Å². The van der Waals surface area contributed by atoms with E-state index in [9.17, 15) is 13.2 Å². The Hall–Kier alpha value is -2.85. The number of sulfonamides is 1. The number of piperidine rings is 1. The summed E-state index contributed by atoms with van der Waals surface area (Å²) in [7, 11) is -1.83. The van der Waals surface area contributed by atoms with Crippen molar-refractivity contribution in [2.24, 2.45) is 12.8 Å². The normalized spacial score (nSPS) is 16.2. The molecule has 30 heavy (non-hydrogen) atoms. The van der Waals surface area contributed by atoms with Crippen molar-refractivity contribution in [3.8, 4) is 5.75 Å².